The number of carbonyl (C=O) groups is 3. The van der Waals surface area contributed by atoms with E-state index in [0.717, 1.165) is 16.7 Å². The van der Waals surface area contributed by atoms with Gasteiger partial charge in [-0.1, -0.05) is 18.2 Å². The zero-order valence-electron chi connectivity index (χ0n) is 13.0. The molecule has 0 spiro atoms. The third-order valence-electron chi connectivity index (χ3n) is 4.69. The van der Waals surface area contributed by atoms with Gasteiger partial charge in [0.1, 0.15) is 0 Å². The van der Waals surface area contributed by atoms with Crippen molar-refractivity contribution in [3.8, 4) is 11.1 Å². The molecule has 0 saturated heterocycles. The molecule has 0 amide bonds. The number of allylic oxidation sites excluding steroid dienone is 2. The third-order valence-corrected chi connectivity index (χ3v) is 4.69. The summed E-state index contributed by atoms with van der Waals surface area (Å²) in [7, 11) is 0. The van der Waals surface area contributed by atoms with Crippen molar-refractivity contribution in [1.82, 2.24) is 0 Å². The Morgan fingerprint density at radius 2 is 1.44 bits per heavy atom. The molecule has 0 atom stereocenters. The van der Waals surface area contributed by atoms with Crippen molar-refractivity contribution in [1.29, 1.82) is 0 Å². The van der Waals surface area contributed by atoms with Gasteiger partial charge < -0.3 is 9.47 Å². The lowest BCUT2D eigenvalue weighted by Crippen LogP contribution is -2.11. The largest absolute Gasteiger partial charge is 0.435 e. The van der Waals surface area contributed by atoms with E-state index in [0.29, 0.717) is 34.4 Å². The van der Waals surface area contributed by atoms with E-state index in [-0.39, 0.29) is 18.4 Å². The fourth-order valence-corrected chi connectivity index (χ4v) is 3.28. The lowest BCUT2D eigenvalue weighted by Gasteiger charge is -2.12. The monoisotopic (exact) mass is 331 g/mol. The Labute approximate surface area is 142 Å². The average Bonchev–Trinajstić information content (AvgIpc) is 3.45. The van der Waals surface area contributed by atoms with E-state index in [1.165, 1.54) is 0 Å². The number of hydrogen-bond acceptors (Lipinski definition) is 5. The highest BCUT2D eigenvalue weighted by molar-refractivity contribution is 6.34. The summed E-state index contributed by atoms with van der Waals surface area (Å²) in [4.78, 5) is 36.6. The Morgan fingerprint density at radius 3 is 2.24 bits per heavy atom. The fraction of sp³-hybridized carbons (Fsp3) is 0.100. The number of Topliss-reactive ketones (excluding diaryl/α,β-unsaturated/α-hetero) is 2. The Hall–Kier alpha value is -3.05. The van der Waals surface area contributed by atoms with E-state index >= 15 is 0 Å². The van der Waals surface area contributed by atoms with Crippen LogP contribution in [0.25, 0.3) is 11.1 Å². The van der Waals surface area contributed by atoms with E-state index in [1.54, 1.807) is 30.7 Å². The quantitative estimate of drug-likeness (QED) is 0.752. The smallest absolute Gasteiger partial charge is 0.340 e. The average molecular weight is 331 g/mol. The first-order valence-corrected chi connectivity index (χ1v) is 7.84. The van der Waals surface area contributed by atoms with E-state index < -0.39 is 5.97 Å². The summed E-state index contributed by atoms with van der Waals surface area (Å²) in [5.74, 6) is -0.645. The summed E-state index contributed by atoms with van der Waals surface area (Å²) < 4.78 is 10.2. The van der Waals surface area contributed by atoms with Gasteiger partial charge in [-0.3, -0.25) is 9.59 Å². The first-order valence-electron chi connectivity index (χ1n) is 7.84. The number of carbonyl (C=O) groups excluding carboxylic acids is 3. The molecule has 0 unspecified atom stereocenters. The maximum Gasteiger partial charge on any atom is 0.340 e. The zero-order valence-corrected chi connectivity index (χ0v) is 13.0. The lowest BCUT2D eigenvalue weighted by molar-refractivity contribution is -0.0313. The van der Waals surface area contributed by atoms with Crippen LogP contribution in [0.1, 0.15) is 36.6 Å². The van der Waals surface area contributed by atoms with Crippen LogP contribution in [0.5, 0.6) is 0 Å². The van der Waals surface area contributed by atoms with Crippen LogP contribution in [-0.2, 0) is 16.1 Å². The van der Waals surface area contributed by atoms with Crippen LogP contribution in [0, 0.1) is 6.42 Å². The molecule has 5 rings (SSSR count). The topological polar surface area (TPSA) is 69.7 Å². The maximum atomic E-state index is 12.4. The number of fused-ring (bicyclic) bond motifs is 2. The van der Waals surface area contributed by atoms with Gasteiger partial charge in [-0.25, -0.2) is 4.79 Å². The van der Waals surface area contributed by atoms with Gasteiger partial charge in [0.25, 0.3) is 0 Å². The lowest BCUT2D eigenvalue weighted by atomic mass is 9.90. The molecule has 0 saturated carbocycles. The van der Waals surface area contributed by atoms with Crippen LogP contribution in [0.4, 0.5) is 0 Å². The normalized spacial score (nSPS) is 18.2. The number of cyclic esters (lactones) is 1. The van der Waals surface area contributed by atoms with Gasteiger partial charge in [0, 0.05) is 28.7 Å². The van der Waals surface area contributed by atoms with Gasteiger partial charge in [-0.15, -0.1) is 0 Å². The van der Waals surface area contributed by atoms with Gasteiger partial charge in [0.15, 0.2) is 18.4 Å². The van der Waals surface area contributed by atoms with Gasteiger partial charge in [-0.05, 0) is 34.9 Å². The number of ether oxygens (including phenoxy) is 2. The molecule has 25 heavy (non-hydrogen) atoms. The number of esters is 1. The number of rotatable bonds is 1. The first-order chi connectivity index (χ1) is 12.1. The van der Waals surface area contributed by atoms with Crippen molar-refractivity contribution in [2.45, 2.75) is 6.61 Å². The minimum atomic E-state index is -0.430. The highest BCUT2D eigenvalue weighted by Crippen LogP contribution is 2.41. The second-order valence-electron chi connectivity index (χ2n) is 6.16. The summed E-state index contributed by atoms with van der Waals surface area (Å²) >= 11 is 0. The molecular formula is C20H11O5. The van der Waals surface area contributed by atoms with Crippen LogP contribution in [0.3, 0.4) is 0 Å². The Morgan fingerprint density at radius 1 is 0.760 bits per heavy atom. The maximum absolute atomic E-state index is 12.4. The predicted octanol–water partition coefficient (Wildman–Crippen LogP) is 2.89. The van der Waals surface area contributed by atoms with Crippen molar-refractivity contribution >= 4 is 17.5 Å². The molecule has 3 aliphatic rings. The number of benzene rings is 2. The molecule has 0 bridgehead atoms. The number of hydrogen-bond donors (Lipinski definition) is 0. The zero-order chi connectivity index (χ0) is 17.1. The summed E-state index contributed by atoms with van der Waals surface area (Å²) in [5.41, 5.74) is 4.65. The molecule has 2 aliphatic carbocycles. The molecule has 0 fully saturated rings. The molecule has 2 aromatic rings. The Balaban J connectivity index is 1.61. The minimum Gasteiger partial charge on any atom is -0.435 e. The summed E-state index contributed by atoms with van der Waals surface area (Å²) in [5, 5.41) is 0. The van der Waals surface area contributed by atoms with Gasteiger partial charge in [0.05, 0.1) is 12.2 Å². The van der Waals surface area contributed by atoms with Crippen molar-refractivity contribution in [2.24, 2.45) is 0 Å². The van der Waals surface area contributed by atoms with Crippen molar-refractivity contribution in [3.05, 3.63) is 76.2 Å². The van der Waals surface area contributed by atoms with Crippen molar-refractivity contribution < 1.29 is 23.9 Å². The highest BCUT2D eigenvalue weighted by Gasteiger charge is 2.41. The summed E-state index contributed by atoms with van der Waals surface area (Å²) in [6.45, 7) is 0.248. The van der Waals surface area contributed by atoms with Crippen LogP contribution in [0.15, 0.2) is 47.5 Å². The Bertz CT molecular complexity index is 1030. The van der Waals surface area contributed by atoms with Gasteiger partial charge >= 0.3 is 5.97 Å². The molecule has 0 N–H and O–H groups in total. The van der Waals surface area contributed by atoms with E-state index in [4.69, 9.17) is 9.47 Å². The SMILES string of the molecule is O=C1OCOCc2ccc(-c3ccc4c(c3)C(=O)C3=C([CH]3)C4=O)cc21. The van der Waals surface area contributed by atoms with E-state index in [9.17, 15) is 14.4 Å². The molecule has 1 aliphatic heterocycles. The van der Waals surface area contributed by atoms with E-state index in [1.807, 2.05) is 12.1 Å². The van der Waals surface area contributed by atoms with Crippen LogP contribution in [-0.4, -0.2) is 24.3 Å². The molecule has 121 valence electrons. The van der Waals surface area contributed by atoms with Crippen molar-refractivity contribution in [3.63, 3.8) is 0 Å². The summed E-state index contributed by atoms with van der Waals surface area (Å²) in [6.07, 6.45) is 1.63. The Kier molecular flexibility index (Phi) is 2.85. The second kappa shape index (κ2) is 4.97. The van der Waals surface area contributed by atoms with Crippen molar-refractivity contribution in [2.75, 3.05) is 6.79 Å². The van der Waals surface area contributed by atoms with Gasteiger partial charge in [0.2, 0.25) is 0 Å². The number of ketones is 2. The van der Waals surface area contributed by atoms with Crippen LogP contribution in [0.2, 0.25) is 0 Å². The predicted molar refractivity (Wildman–Crippen MR) is 86.9 cm³/mol. The molecule has 1 heterocycles. The molecule has 5 heteroatoms. The third kappa shape index (κ3) is 2.09. The van der Waals surface area contributed by atoms with Crippen LogP contribution >= 0.6 is 0 Å². The molecule has 5 nitrogen and oxygen atoms in total. The first kappa shape index (κ1) is 14.3. The minimum absolute atomic E-state index is 0.0632. The fourth-order valence-electron chi connectivity index (χ4n) is 3.28. The molecular weight excluding hydrogens is 320 g/mol. The summed E-state index contributed by atoms with van der Waals surface area (Å²) in [6, 6.07) is 10.6. The molecule has 1 radical (unpaired) electrons. The second-order valence-corrected chi connectivity index (χ2v) is 6.16. The highest BCUT2D eigenvalue weighted by atomic mass is 16.7. The molecule has 2 aromatic carbocycles. The van der Waals surface area contributed by atoms with Gasteiger partial charge in [-0.2, -0.15) is 0 Å². The van der Waals surface area contributed by atoms with Crippen LogP contribution < -0.4 is 0 Å². The molecule has 0 aromatic heterocycles. The van der Waals surface area contributed by atoms with E-state index in [2.05, 4.69) is 0 Å². The standard InChI is InChI=1S/C20H11O5/c21-18-13-4-3-11(6-15(13)19(22)17-7-16(17)18)10-1-2-12-8-24-9-25-20(23)14(12)5-10/h1-7H,8-9H2.